The number of carbonyl (C=O) groups excluding carboxylic acids is 2. The maximum Gasteiger partial charge on any atom is 0.424 e. The van der Waals surface area contributed by atoms with E-state index in [2.05, 4.69) is 15.4 Å². The fourth-order valence-electron chi connectivity index (χ4n) is 5.56. The molecule has 0 radical (unpaired) electrons. The SMILES string of the molecule is CCOc1c(CC(N)=O)cc([C@@](O)(CNC(=O)c2cc(OC)c3nn(C4CC4)cc3c2)C(F)(F)F)nc1-c1cccc(C2CC2)c1. The Kier molecular flexibility index (Phi) is 8.13. The molecule has 0 saturated heterocycles. The Balaban J connectivity index is 1.39. The Morgan fingerprint density at radius 1 is 1.13 bits per heavy atom. The predicted molar refractivity (Wildman–Crippen MR) is 163 cm³/mol. The summed E-state index contributed by atoms with van der Waals surface area (Å²) in [7, 11) is 1.41. The van der Waals surface area contributed by atoms with Crippen LogP contribution in [0.4, 0.5) is 13.2 Å². The van der Waals surface area contributed by atoms with Crippen LogP contribution in [-0.2, 0) is 16.8 Å². The Morgan fingerprint density at radius 2 is 1.89 bits per heavy atom. The molecule has 1 atom stereocenters. The van der Waals surface area contributed by atoms with E-state index in [4.69, 9.17) is 15.2 Å². The highest BCUT2D eigenvalue weighted by Gasteiger charge is 2.57. The quantitative estimate of drug-likeness (QED) is 0.200. The standard InChI is InChI=1S/C33H34F3N5O5/c1-3-46-30-21(15-27(37)42)14-26(39-29(30)20-6-4-5-19(11-20)18-7-8-18)32(44,33(34,35)36)17-38-31(43)22-12-23-16-41(24-9-10-24)40-28(23)25(13-22)45-2/h4-6,11-14,16,18,24,44H,3,7-10,15,17H2,1-2H3,(H2,37,42)(H,38,43)/t32-/m0/s1. The summed E-state index contributed by atoms with van der Waals surface area (Å²) in [5, 5.41) is 18.7. The van der Waals surface area contributed by atoms with Crippen LogP contribution in [-0.4, -0.2) is 58.1 Å². The smallest absolute Gasteiger partial charge is 0.424 e. The maximum atomic E-state index is 14.8. The molecule has 0 aliphatic heterocycles. The number of benzene rings is 2. The first-order chi connectivity index (χ1) is 21.9. The lowest BCUT2D eigenvalue weighted by Gasteiger charge is -2.31. The molecule has 2 amide bonds. The molecule has 6 rings (SSSR count). The number of aliphatic hydroxyl groups is 1. The molecule has 0 unspecified atom stereocenters. The summed E-state index contributed by atoms with van der Waals surface area (Å²) in [6, 6.07) is 11.3. The van der Waals surface area contributed by atoms with Crippen molar-refractivity contribution in [2.45, 2.75) is 62.8 Å². The zero-order chi connectivity index (χ0) is 32.8. The highest BCUT2D eigenvalue weighted by Crippen LogP contribution is 2.44. The molecular weight excluding hydrogens is 603 g/mol. The van der Waals surface area contributed by atoms with Crippen LogP contribution < -0.4 is 20.5 Å². The van der Waals surface area contributed by atoms with Crippen molar-refractivity contribution in [2.24, 2.45) is 5.73 Å². The minimum Gasteiger partial charge on any atom is -0.494 e. The van der Waals surface area contributed by atoms with Crippen molar-refractivity contribution in [3.05, 3.63) is 71.0 Å². The average Bonchev–Trinajstić information content (AvgIpc) is 3.96. The molecule has 13 heteroatoms. The molecule has 4 N–H and O–H groups in total. The van der Waals surface area contributed by atoms with Crippen LogP contribution in [0.3, 0.4) is 0 Å². The molecule has 0 spiro atoms. The van der Waals surface area contributed by atoms with Crippen LogP contribution in [0.1, 0.15) is 71.7 Å². The molecule has 242 valence electrons. The molecule has 2 aromatic carbocycles. The molecule has 2 aliphatic rings. The Morgan fingerprint density at radius 3 is 2.52 bits per heavy atom. The minimum atomic E-state index is -5.29. The van der Waals surface area contributed by atoms with Crippen molar-refractivity contribution in [2.75, 3.05) is 20.3 Å². The first-order valence-electron chi connectivity index (χ1n) is 15.1. The van der Waals surface area contributed by atoms with Gasteiger partial charge in [0.1, 0.15) is 22.7 Å². The number of pyridine rings is 1. The van der Waals surface area contributed by atoms with Gasteiger partial charge >= 0.3 is 6.18 Å². The van der Waals surface area contributed by atoms with Crippen LogP contribution >= 0.6 is 0 Å². The zero-order valence-corrected chi connectivity index (χ0v) is 25.4. The van der Waals surface area contributed by atoms with Gasteiger partial charge in [-0.25, -0.2) is 4.98 Å². The van der Waals surface area contributed by atoms with E-state index in [1.807, 2.05) is 12.1 Å². The highest BCUT2D eigenvalue weighted by atomic mass is 19.4. The van der Waals surface area contributed by atoms with E-state index in [9.17, 15) is 27.9 Å². The van der Waals surface area contributed by atoms with Crippen molar-refractivity contribution >= 4 is 22.7 Å². The summed E-state index contributed by atoms with van der Waals surface area (Å²) in [6.07, 6.45) is -0.0293. The van der Waals surface area contributed by atoms with Gasteiger partial charge in [-0.2, -0.15) is 18.3 Å². The monoisotopic (exact) mass is 637 g/mol. The maximum absolute atomic E-state index is 14.8. The second kappa shape index (κ2) is 11.9. The third-order valence-corrected chi connectivity index (χ3v) is 8.30. The number of ether oxygens (including phenoxy) is 2. The number of hydrogen-bond donors (Lipinski definition) is 3. The topological polar surface area (TPSA) is 142 Å². The molecular formula is C33H34F3N5O5. The first kappa shape index (κ1) is 31.3. The van der Waals surface area contributed by atoms with E-state index in [0.29, 0.717) is 22.4 Å². The zero-order valence-electron chi connectivity index (χ0n) is 25.4. The van der Waals surface area contributed by atoms with Gasteiger partial charge in [0.2, 0.25) is 11.5 Å². The summed E-state index contributed by atoms with van der Waals surface area (Å²) in [6.45, 7) is 0.557. The van der Waals surface area contributed by atoms with Gasteiger partial charge in [-0.1, -0.05) is 18.2 Å². The molecule has 10 nitrogen and oxygen atoms in total. The van der Waals surface area contributed by atoms with E-state index in [0.717, 1.165) is 37.3 Å². The van der Waals surface area contributed by atoms with Gasteiger partial charge in [0.05, 0.1) is 38.4 Å². The summed E-state index contributed by atoms with van der Waals surface area (Å²) < 4.78 is 57.4. The number of hydrogen-bond acceptors (Lipinski definition) is 7. The summed E-state index contributed by atoms with van der Waals surface area (Å²) in [4.78, 5) is 29.6. The Labute approximate surface area is 262 Å². The van der Waals surface area contributed by atoms with Crippen LogP contribution in [0, 0.1) is 0 Å². The Bertz CT molecular complexity index is 1820. The average molecular weight is 638 g/mol. The van der Waals surface area contributed by atoms with Crippen LogP contribution in [0.25, 0.3) is 22.2 Å². The van der Waals surface area contributed by atoms with Crippen molar-refractivity contribution in [1.82, 2.24) is 20.1 Å². The number of nitrogens with zero attached hydrogens (tertiary/aromatic N) is 3. The lowest BCUT2D eigenvalue weighted by Crippen LogP contribution is -2.51. The fraction of sp³-hybridized carbons (Fsp3) is 0.394. The second-order valence-electron chi connectivity index (χ2n) is 11.8. The van der Waals surface area contributed by atoms with Crippen LogP contribution in [0.15, 0.2) is 48.7 Å². The van der Waals surface area contributed by atoms with Gasteiger partial charge in [0.15, 0.2) is 0 Å². The summed E-state index contributed by atoms with van der Waals surface area (Å²) >= 11 is 0. The number of nitrogens with one attached hydrogen (secondary N) is 1. The normalized spacial score (nSPS) is 16.2. The van der Waals surface area contributed by atoms with Gasteiger partial charge in [-0.15, -0.1) is 0 Å². The highest BCUT2D eigenvalue weighted by molar-refractivity contribution is 6.00. The van der Waals surface area contributed by atoms with E-state index in [1.165, 1.54) is 19.2 Å². The van der Waals surface area contributed by atoms with E-state index in [-0.39, 0.29) is 41.0 Å². The van der Waals surface area contributed by atoms with E-state index >= 15 is 0 Å². The van der Waals surface area contributed by atoms with Gasteiger partial charge in [0.25, 0.3) is 5.91 Å². The number of nitrogens with two attached hydrogens (primary N) is 1. The molecule has 2 aromatic heterocycles. The van der Waals surface area contributed by atoms with Crippen molar-refractivity contribution in [3.63, 3.8) is 0 Å². The van der Waals surface area contributed by atoms with Gasteiger partial charge in [0, 0.05) is 28.3 Å². The van der Waals surface area contributed by atoms with E-state index < -0.39 is 42.3 Å². The number of primary amides is 1. The lowest BCUT2D eigenvalue weighted by atomic mass is 9.93. The predicted octanol–water partition coefficient (Wildman–Crippen LogP) is 4.93. The first-order valence-corrected chi connectivity index (χ1v) is 15.1. The number of methoxy groups -OCH3 is 1. The van der Waals surface area contributed by atoms with Crippen molar-refractivity contribution in [1.29, 1.82) is 0 Å². The number of rotatable bonds is 12. The number of carbonyl (C=O) groups is 2. The van der Waals surface area contributed by atoms with Crippen LogP contribution in [0.2, 0.25) is 0 Å². The van der Waals surface area contributed by atoms with Gasteiger partial charge in [-0.3, -0.25) is 14.3 Å². The van der Waals surface area contributed by atoms with Crippen molar-refractivity contribution in [3.8, 4) is 22.8 Å². The summed E-state index contributed by atoms with van der Waals surface area (Å²) in [5.41, 5.74) is 3.07. The molecule has 2 aliphatic carbocycles. The molecule has 2 saturated carbocycles. The molecule has 2 heterocycles. The number of fused-ring (bicyclic) bond motifs is 1. The molecule has 0 bridgehead atoms. The van der Waals surface area contributed by atoms with Gasteiger partial charge < -0.3 is 25.6 Å². The van der Waals surface area contributed by atoms with E-state index in [1.54, 1.807) is 29.9 Å². The number of halogens is 3. The van der Waals surface area contributed by atoms with Crippen molar-refractivity contribution < 1.29 is 37.3 Å². The molecule has 4 aromatic rings. The van der Waals surface area contributed by atoms with Crippen LogP contribution in [0.5, 0.6) is 11.5 Å². The minimum absolute atomic E-state index is 0.0231. The third-order valence-electron chi connectivity index (χ3n) is 8.30. The third kappa shape index (κ3) is 6.11. The molecule has 2 fully saturated rings. The fourth-order valence-corrected chi connectivity index (χ4v) is 5.56. The summed E-state index contributed by atoms with van der Waals surface area (Å²) in [5.74, 6) is -0.960. The number of alkyl halides is 3. The largest absolute Gasteiger partial charge is 0.494 e. The van der Waals surface area contributed by atoms with Gasteiger partial charge in [-0.05, 0) is 68.4 Å². The second-order valence-corrected chi connectivity index (χ2v) is 11.8. The Hall–Kier alpha value is -4.65. The molecule has 46 heavy (non-hydrogen) atoms. The number of aromatic nitrogens is 3. The number of amides is 2. The lowest BCUT2D eigenvalue weighted by molar-refractivity contribution is -0.265.